The molecule has 0 unspecified atom stereocenters. The summed E-state index contributed by atoms with van der Waals surface area (Å²) in [4.78, 5) is 23.1. The second-order valence-electron chi connectivity index (χ2n) is 4.98. The van der Waals surface area contributed by atoms with Crippen LogP contribution in [0.3, 0.4) is 0 Å². The Morgan fingerprint density at radius 3 is 2.42 bits per heavy atom. The van der Waals surface area contributed by atoms with Crippen LogP contribution < -0.4 is 14.2 Å². The van der Waals surface area contributed by atoms with E-state index in [1.54, 1.807) is 36.4 Å². The fraction of sp³-hybridized carbons (Fsp3) is 0.158. The molecule has 0 amide bonds. The van der Waals surface area contributed by atoms with Gasteiger partial charge in [0.15, 0.2) is 18.1 Å². The van der Waals surface area contributed by atoms with Gasteiger partial charge in [-0.05, 0) is 48.0 Å². The lowest BCUT2D eigenvalue weighted by molar-refractivity contribution is -0.137. The molecule has 2 aromatic carbocycles. The van der Waals surface area contributed by atoms with Gasteiger partial charge in [0.05, 0.1) is 14.2 Å². The number of carbonyl (C=O) groups is 2. The van der Waals surface area contributed by atoms with Crippen LogP contribution in [0, 0.1) is 0 Å². The summed E-state index contributed by atoms with van der Waals surface area (Å²) in [6.07, 6.45) is 2.85. The van der Waals surface area contributed by atoms with Crippen molar-refractivity contribution in [3.63, 3.8) is 0 Å². The van der Waals surface area contributed by atoms with E-state index in [0.29, 0.717) is 17.1 Å². The van der Waals surface area contributed by atoms with Crippen LogP contribution in [0.1, 0.15) is 5.56 Å². The second kappa shape index (κ2) is 9.62. The Morgan fingerprint density at radius 2 is 1.77 bits per heavy atom. The second-order valence-corrected chi connectivity index (χ2v) is 5.90. The molecule has 0 saturated heterocycles. The highest BCUT2D eigenvalue weighted by Crippen LogP contribution is 2.28. The molecule has 0 heterocycles. The van der Waals surface area contributed by atoms with E-state index in [-0.39, 0.29) is 12.4 Å². The first-order valence-corrected chi connectivity index (χ1v) is 8.34. The average Bonchev–Trinajstić information content (AvgIpc) is 2.66. The largest absolute Gasteiger partial charge is 0.493 e. The number of hydrogen-bond acceptors (Lipinski definition) is 6. The van der Waals surface area contributed by atoms with Crippen molar-refractivity contribution in [3.8, 4) is 17.2 Å². The van der Waals surface area contributed by atoms with Crippen LogP contribution >= 0.6 is 15.9 Å². The van der Waals surface area contributed by atoms with Crippen molar-refractivity contribution in [2.75, 3.05) is 20.8 Å². The Hall–Kier alpha value is -2.80. The average molecular weight is 421 g/mol. The zero-order valence-corrected chi connectivity index (χ0v) is 15.8. The minimum absolute atomic E-state index is 0.241. The number of halogens is 1. The SMILES string of the molecule is COC(=O)/C=C/c1ccc(OC(=O)COc2ccc(Br)cc2)c(OC)c1. The van der Waals surface area contributed by atoms with Crippen molar-refractivity contribution in [3.05, 3.63) is 58.6 Å². The van der Waals surface area contributed by atoms with Gasteiger partial charge in [-0.1, -0.05) is 22.0 Å². The van der Waals surface area contributed by atoms with Gasteiger partial charge in [0.1, 0.15) is 5.75 Å². The number of carbonyl (C=O) groups excluding carboxylic acids is 2. The molecular formula is C19H17BrO6. The minimum Gasteiger partial charge on any atom is -0.493 e. The molecule has 26 heavy (non-hydrogen) atoms. The maximum absolute atomic E-state index is 12.0. The molecular weight excluding hydrogens is 404 g/mol. The third kappa shape index (κ3) is 5.93. The zero-order chi connectivity index (χ0) is 18.9. The number of benzene rings is 2. The molecule has 6 nitrogen and oxygen atoms in total. The van der Waals surface area contributed by atoms with Crippen LogP contribution in [-0.4, -0.2) is 32.8 Å². The van der Waals surface area contributed by atoms with Gasteiger partial charge in [0.2, 0.25) is 0 Å². The molecule has 0 aliphatic heterocycles. The third-order valence-electron chi connectivity index (χ3n) is 3.19. The summed E-state index contributed by atoms with van der Waals surface area (Å²) in [5.74, 6) is 0.134. The van der Waals surface area contributed by atoms with Crippen LogP contribution in [0.25, 0.3) is 6.08 Å². The molecule has 2 rings (SSSR count). The van der Waals surface area contributed by atoms with Crippen molar-refractivity contribution in [1.29, 1.82) is 0 Å². The van der Waals surface area contributed by atoms with Crippen molar-refractivity contribution in [2.45, 2.75) is 0 Å². The maximum atomic E-state index is 12.0. The maximum Gasteiger partial charge on any atom is 0.349 e. The first-order valence-electron chi connectivity index (χ1n) is 7.55. The van der Waals surface area contributed by atoms with E-state index in [0.717, 1.165) is 4.47 Å². The number of hydrogen-bond donors (Lipinski definition) is 0. The molecule has 0 saturated carbocycles. The summed E-state index contributed by atoms with van der Waals surface area (Å²) in [7, 11) is 2.75. The lowest BCUT2D eigenvalue weighted by atomic mass is 10.2. The third-order valence-corrected chi connectivity index (χ3v) is 3.72. The van der Waals surface area contributed by atoms with E-state index in [4.69, 9.17) is 14.2 Å². The summed E-state index contributed by atoms with van der Waals surface area (Å²) in [5.41, 5.74) is 0.693. The van der Waals surface area contributed by atoms with E-state index in [2.05, 4.69) is 20.7 Å². The highest BCUT2D eigenvalue weighted by molar-refractivity contribution is 9.10. The van der Waals surface area contributed by atoms with Crippen molar-refractivity contribution in [1.82, 2.24) is 0 Å². The fourth-order valence-corrected chi connectivity index (χ4v) is 2.19. The zero-order valence-electron chi connectivity index (χ0n) is 14.2. The molecule has 0 aliphatic carbocycles. The van der Waals surface area contributed by atoms with Crippen molar-refractivity contribution >= 4 is 33.9 Å². The smallest absolute Gasteiger partial charge is 0.349 e. The van der Waals surface area contributed by atoms with Crippen LogP contribution in [0.2, 0.25) is 0 Å². The molecule has 0 N–H and O–H groups in total. The first-order chi connectivity index (χ1) is 12.5. The molecule has 0 radical (unpaired) electrons. The van der Waals surface area contributed by atoms with Crippen LogP contribution in [0.4, 0.5) is 0 Å². The number of rotatable bonds is 7. The summed E-state index contributed by atoms with van der Waals surface area (Å²) in [6, 6.07) is 12.0. The van der Waals surface area contributed by atoms with E-state index in [1.807, 2.05) is 12.1 Å². The Labute approximate surface area is 159 Å². The van der Waals surface area contributed by atoms with Crippen LogP contribution in [0.5, 0.6) is 17.2 Å². The quantitative estimate of drug-likeness (QED) is 0.386. The highest BCUT2D eigenvalue weighted by atomic mass is 79.9. The summed E-state index contributed by atoms with van der Waals surface area (Å²) >= 11 is 3.32. The summed E-state index contributed by atoms with van der Waals surface area (Å²) in [6.45, 7) is -0.241. The Morgan fingerprint density at radius 1 is 1.04 bits per heavy atom. The molecule has 136 valence electrons. The minimum atomic E-state index is -0.566. The van der Waals surface area contributed by atoms with Gasteiger partial charge in [0, 0.05) is 10.5 Å². The van der Waals surface area contributed by atoms with Crippen LogP contribution in [0.15, 0.2) is 53.0 Å². The fourth-order valence-electron chi connectivity index (χ4n) is 1.93. The van der Waals surface area contributed by atoms with Gasteiger partial charge >= 0.3 is 11.9 Å². The van der Waals surface area contributed by atoms with E-state index in [9.17, 15) is 9.59 Å². The molecule has 0 bridgehead atoms. The summed E-state index contributed by atoms with van der Waals surface area (Å²) < 4.78 is 21.3. The van der Waals surface area contributed by atoms with Gasteiger partial charge in [-0.25, -0.2) is 9.59 Å². The lowest BCUT2D eigenvalue weighted by Gasteiger charge is -2.10. The molecule has 2 aromatic rings. The van der Waals surface area contributed by atoms with Crippen molar-refractivity contribution < 1.29 is 28.5 Å². The standard InChI is InChI=1S/C19H17BrO6/c1-23-17-11-13(4-10-18(21)24-2)3-9-16(17)26-19(22)12-25-15-7-5-14(20)6-8-15/h3-11H,12H2,1-2H3/b10-4+. The number of methoxy groups -OCH3 is 2. The topological polar surface area (TPSA) is 71.1 Å². The highest BCUT2D eigenvalue weighted by Gasteiger charge is 2.11. The normalized spacial score (nSPS) is 10.4. The Kier molecular flexibility index (Phi) is 7.23. The van der Waals surface area contributed by atoms with E-state index >= 15 is 0 Å². The van der Waals surface area contributed by atoms with Gasteiger partial charge < -0.3 is 18.9 Å². The van der Waals surface area contributed by atoms with Gasteiger partial charge in [0.25, 0.3) is 0 Å². The number of ether oxygens (including phenoxy) is 4. The van der Waals surface area contributed by atoms with Crippen LogP contribution in [-0.2, 0) is 14.3 Å². The van der Waals surface area contributed by atoms with E-state index < -0.39 is 11.9 Å². The Balaban J connectivity index is 1.99. The molecule has 7 heteroatoms. The van der Waals surface area contributed by atoms with E-state index in [1.165, 1.54) is 20.3 Å². The Bertz CT molecular complexity index is 798. The monoisotopic (exact) mass is 420 g/mol. The lowest BCUT2D eigenvalue weighted by Crippen LogP contribution is -2.18. The molecule has 0 aromatic heterocycles. The van der Waals surface area contributed by atoms with Gasteiger partial charge in [-0.15, -0.1) is 0 Å². The molecule has 0 aliphatic rings. The van der Waals surface area contributed by atoms with Gasteiger partial charge in [-0.3, -0.25) is 0 Å². The number of esters is 2. The van der Waals surface area contributed by atoms with Gasteiger partial charge in [-0.2, -0.15) is 0 Å². The molecule has 0 atom stereocenters. The predicted octanol–water partition coefficient (Wildman–Crippen LogP) is 3.63. The first kappa shape index (κ1) is 19.5. The molecule has 0 spiro atoms. The predicted molar refractivity (Wildman–Crippen MR) is 99.3 cm³/mol. The van der Waals surface area contributed by atoms with Crippen molar-refractivity contribution in [2.24, 2.45) is 0 Å². The molecule has 0 fully saturated rings. The summed E-state index contributed by atoms with van der Waals surface area (Å²) in [5, 5.41) is 0.